The largest absolute Gasteiger partial charge is 0.346 e. The number of aryl methyl sites for hydroxylation is 1. The molecule has 0 aliphatic heterocycles. The minimum absolute atomic E-state index is 0.0690. The molecule has 1 fully saturated rings. The van der Waals surface area contributed by atoms with E-state index in [1.807, 2.05) is 19.1 Å². The molecule has 0 atom stereocenters. The molecule has 4 nitrogen and oxygen atoms in total. The Labute approximate surface area is 124 Å². The van der Waals surface area contributed by atoms with Crippen molar-refractivity contribution in [2.75, 3.05) is 0 Å². The molecular weight excluding hydrogens is 266 g/mol. The molecule has 1 amide bonds. The third-order valence-corrected chi connectivity index (χ3v) is 3.96. The van der Waals surface area contributed by atoms with Gasteiger partial charge in [-0.2, -0.15) is 0 Å². The summed E-state index contributed by atoms with van der Waals surface area (Å²) in [5, 5.41) is 2.84. The number of carbonyl (C=O) groups is 3. The van der Waals surface area contributed by atoms with E-state index in [9.17, 15) is 14.4 Å². The van der Waals surface area contributed by atoms with Gasteiger partial charge in [0.1, 0.15) is 11.6 Å². The molecule has 0 unspecified atom stereocenters. The summed E-state index contributed by atoms with van der Waals surface area (Å²) in [6, 6.07) is 7.20. The lowest BCUT2D eigenvalue weighted by atomic mass is 9.75. The van der Waals surface area contributed by atoms with E-state index in [0.717, 1.165) is 5.56 Å². The zero-order chi connectivity index (χ0) is 15.6. The number of benzene rings is 1. The number of ketones is 2. The Bertz CT molecular complexity index is 556. The van der Waals surface area contributed by atoms with E-state index in [-0.39, 0.29) is 17.5 Å². The molecule has 0 radical (unpaired) electrons. The molecule has 0 bridgehead atoms. The van der Waals surface area contributed by atoms with Crippen LogP contribution in [0.15, 0.2) is 24.3 Å². The maximum atomic E-state index is 12.3. The number of carbonyl (C=O) groups excluding carboxylic acids is 3. The second-order valence-corrected chi connectivity index (χ2v) is 6.26. The van der Waals surface area contributed by atoms with Gasteiger partial charge in [0.15, 0.2) is 0 Å². The van der Waals surface area contributed by atoms with Gasteiger partial charge >= 0.3 is 0 Å². The van der Waals surface area contributed by atoms with Crippen LogP contribution in [-0.4, -0.2) is 23.0 Å². The van der Waals surface area contributed by atoms with Crippen LogP contribution in [0.5, 0.6) is 0 Å². The van der Waals surface area contributed by atoms with E-state index in [2.05, 4.69) is 5.32 Å². The van der Waals surface area contributed by atoms with Crippen molar-refractivity contribution in [3.05, 3.63) is 35.4 Å². The topological polar surface area (TPSA) is 63.2 Å². The maximum absolute atomic E-state index is 12.3. The van der Waals surface area contributed by atoms with E-state index in [1.165, 1.54) is 0 Å². The monoisotopic (exact) mass is 287 g/mol. The molecule has 0 heterocycles. The van der Waals surface area contributed by atoms with Gasteiger partial charge in [-0.15, -0.1) is 0 Å². The van der Waals surface area contributed by atoms with Crippen molar-refractivity contribution in [3.8, 4) is 0 Å². The lowest BCUT2D eigenvalue weighted by molar-refractivity contribution is -0.138. The summed E-state index contributed by atoms with van der Waals surface area (Å²) in [5.41, 5.74) is 0.740. The molecule has 1 saturated carbocycles. The predicted octanol–water partition coefficient (Wildman–Crippen LogP) is 2.44. The zero-order valence-electron chi connectivity index (χ0n) is 12.7. The van der Waals surface area contributed by atoms with Crippen LogP contribution in [0.2, 0.25) is 0 Å². The molecule has 1 aliphatic carbocycles. The van der Waals surface area contributed by atoms with E-state index < -0.39 is 11.5 Å². The third-order valence-electron chi connectivity index (χ3n) is 3.96. The predicted molar refractivity (Wildman–Crippen MR) is 80.1 cm³/mol. The van der Waals surface area contributed by atoms with E-state index in [4.69, 9.17) is 0 Å². The smallest absolute Gasteiger partial charge is 0.251 e. The second-order valence-electron chi connectivity index (χ2n) is 6.26. The molecule has 112 valence electrons. The van der Waals surface area contributed by atoms with Gasteiger partial charge in [0.25, 0.3) is 5.91 Å². The minimum atomic E-state index is -0.865. The first kappa shape index (κ1) is 15.4. The Kier molecular flexibility index (Phi) is 4.26. The Morgan fingerprint density at radius 1 is 1.10 bits per heavy atom. The van der Waals surface area contributed by atoms with Crippen molar-refractivity contribution < 1.29 is 14.4 Å². The summed E-state index contributed by atoms with van der Waals surface area (Å²) in [5.74, 6) is -1.13. The highest BCUT2D eigenvalue weighted by atomic mass is 16.2. The molecule has 4 heteroatoms. The molecule has 1 aromatic rings. The van der Waals surface area contributed by atoms with Gasteiger partial charge in [-0.05, 0) is 39.3 Å². The van der Waals surface area contributed by atoms with Gasteiger partial charge < -0.3 is 5.32 Å². The van der Waals surface area contributed by atoms with Gasteiger partial charge in [-0.1, -0.05) is 17.7 Å². The zero-order valence-corrected chi connectivity index (χ0v) is 12.7. The fourth-order valence-corrected chi connectivity index (χ4v) is 2.85. The average Bonchev–Trinajstić information content (AvgIpc) is 2.38. The Morgan fingerprint density at radius 3 is 2.14 bits per heavy atom. The van der Waals surface area contributed by atoms with Crippen LogP contribution in [0.1, 0.15) is 49.0 Å². The van der Waals surface area contributed by atoms with Gasteiger partial charge in [0, 0.05) is 18.4 Å². The Balaban J connectivity index is 2.16. The molecule has 1 aliphatic rings. The summed E-state index contributed by atoms with van der Waals surface area (Å²) in [6.07, 6.45) is 1.45. The maximum Gasteiger partial charge on any atom is 0.251 e. The Morgan fingerprint density at radius 2 is 1.62 bits per heavy atom. The van der Waals surface area contributed by atoms with Crippen molar-refractivity contribution in [1.82, 2.24) is 5.32 Å². The van der Waals surface area contributed by atoms with E-state index >= 15 is 0 Å². The molecule has 0 aromatic heterocycles. The van der Waals surface area contributed by atoms with Gasteiger partial charge in [0.2, 0.25) is 0 Å². The molecule has 2 rings (SSSR count). The number of hydrogen-bond donors (Lipinski definition) is 1. The fourth-order valence-electron chi connectivity index (χ4n) is 2.85. The number of Topliss-reactive ketones (excluding diaryl/α,β-unsaturated/α-hetero) is 2. The van der Waals surface area contributed by atoms with Gasteiger partial charge in [-0.25, -0.2) is 0 Å². The number of rotatable bonds is 3. The quantitative estimate of drug-likeness (QED) is 0.868. The fraction of sp³-hybridized carbons (Fsp3) is 0.471. The van der Waals surface area contributed by atoms with Crippen LogP contribution in [0.3, 0.4) is 0 Å². The van der Waals surface area contributed by atoms with Crippen LogP contribution >= 0.6 is 0 Å². The minimum Gasteiger partial charge on any atom is -0.346 e. The van der Waals surface area contributed by atoms with Crippen LogP contribution in [0.25, 0.3) is 0 Å². The summed E-state index contributed by atoms with van der Waals surface area (Å²) in [7, 11) is 0. The lowest BCUT2D eigenvalue weighted by Crippen LogP contribution is -2.55. The highest BCUT2D eigenvalue weighted by molar-refractivity contribution is 6.06. The molecule has 21 heavy (non-hydrogen) atoms. The van der Waals surface area contributed by atoms with Crippen molar-refractivity contribution in [2.45, 2.75) is 45.6 Å². The van der Waals surface area contributed by atoms with Crippen molar-refractivity contribution >= 4 is 17.5 Å². The summed E-state index contributed by atoms with van der Waals surface area (Å²) in [6.45, 7) is 5.43. The van der Waals surface area contributed by atoms with E-state index in [1.54, 1.807) is 26.0 Å². The average molecular weight is 287 g/mol. The molecule has 0 spiro atoms. The third kappa shape index (κ3) is 3.38. The SMILES string of the molecule is Cc1ccc(C(=O)NC(C)(C)C2C(=O)CCCC2=O)cc1. The lowest BCUT2D eigenvalue weighted by Gasteiger charge is -2.35. The van der Waals surface area contributed by atoms with Crippen molar-refractivity contribution in [2.24, 2.45) is 5.92 Å². The van der Waals surface area contributed by atoms with Crippen LogP contribution in [0, 0.1) is 12.8 Å². The summed E-state index contributed by atoms with van der Waals surface area (Å²) < 4.78 is 0. The van der Waals surface area contributed by atoms with Gasteiger partial charge in [0.05, 0.1) is 11.5 Å². The number of nitrogens with one attached hydrogen (secondary N) is 1. The van der Waals surface area contributed by atoms with Crippen LogP contribution < -0.4 is 5.32 Å². The second kappa shape index (κ2) is 5.80. The summed E-state index contributed by atoms with van der Waals surface area (Å²) in [4.78, 5) is 36.4. The standard InChI is InChI=1S/C17H21NO3/c1-11-7-9-12(10-8-11)16(21)18-17(2,3)15-13(19)5-4-6-14(15)20/h7-10,15H,4-6H2,1-3H3,(H,18,21). The van der Waals surface area contributed by atoms with Crippen LogP contribution in [-0.2, 0) is 9.59 Å². The Hall–Kier alpha value is -1.97. The highest BCUT2D eigenvalue weighted by Crippen LogP contribution is 2.27. The number of amides is 1. The van der Waals surface area contributed by atoms with Crippen molar-refractivity contribution in [1.29, 1.82) is 0 Å². The van der Waals surface area contributed by atoms with E-state index in [0.29, 0.717) is 24.8 Å². The first-order valence-electron chi connectivity index (χ1n) is 7.26. The number of hydrogen-bond acceptors (Lipinski definition) is 3. The molecule has 1 N–H and O–H groups in total. The molecule has 0 saturated heterocycles. The first-order chi connectivity index (χ1) is 9.81. The first-order valence-corrected chi connectivity index (χ1v) is 7.26. The summed E-state index contributed by atoms with van der Waals surface area (Å²) >= 11 is 0. The van der Waals surface area contributed by atoms with Crippen molar-refractivity contribution in [3.63, 3.8) is 0 Å². The molecular formula is C17H21NO3. The van der Waals surface area contributed by atoms with Gasteiger partial charge in [-0.3, -0.25) is 14.4 Å². The normalized spacial score (nSPS) is 16.9. The molecule has 1 aromatic carbocycles. The highest BCUT2D eigenvalue weighted by Gasteiger charge is 2.42. The van der Waals surface area contributed by atoms with Crippen LogP contribution in [0.4, 0.5) is 0 Å².